The minimum Gasteiger partial charge on any atom is -0.351 e. The van der Waals surface area contributed by atoms with Gasteiger partial charge in [0.2, 0.25) is 5.91 Å². The van der Waals surface area contributed by atoms with Crippen molar-refractivity contribution in [1.82, 2.24) is 20.1 Å². The summed E-state index contributed by atoms with van der Waals surface area (Å²) in [5.74, 6) is 2.53. The summed E-state index contributed by atoms with van der Waals surface area (Å²) in [6.45, 7) is 0.795. The SMILES string of the molecule is O=C(NC1CCc2nnc(Cc3ccccc3)n2C1)C1CCCC1. The van der Waals surface area contributed by atoms with Crippen molar-refractivity contribution in [3.63, 3.8) is 0 Å². The quantitative estimate of drug-likeness (QED) is 0.940. The molecular weight excluding hydrogens is 300 g/mol. The van der Waals surface area contributed by atoms with Crippen molar-refractivity contribution in [2.24, 2.45) is 5.92 Å². The number of nitrogens with one attached hydrogen (secondary N) is 1. The van der Waals surface area contributed by atoms with Crippen LogP contribution in [0.5, 0.6) is 0 Å². The molecule has 0 saturated heterocycles. The molecule has 2 aliphatic rings. The number of amides is 1. The molecule has 24 heavy (non-hydrogen) atoms. The van der Waals surface area contributed by atoms with E-state index in [4.69, 9.17) is 0 Å². The lowest BCUT2D eigenvalue weighted by molar-refractivity contribution is -0.125. The minimum absolute atomic E-state index is 0.205. The van der Waals surface area contributed by atoms with Gasteiger partial charge in [0, 0.05) is 31.3 Å². The van der Waals surface area contributed by atoms with Gasteiger partial charge in [0.25, 0.3) is 0 Å². The van der Waals surface area contributed by atoms with Crippen LogP contribution in [0.15, 0.2) is 30.3 Å². The number of aromatic nitrogens is 3. The predicted molar refractivity (Wildman–Crippen MR) is 91.5 cm³/mol. The van der Waals surface area contributed by atoms with Crippen molar-refractivity contribution < 1.29 is 4.79 Å². The fourth-order valence-electron chi connectivity index (χ4n) is 3.92. The van der Waals surface area contributed by atoms with Gasteiger partial charge in [-0.2, -0.15) is 0 Å². The highest BCUT2D eigenvalue weighted by atomic mass is 16.1. The topological polar surface area (TPSA) is 59.8 Å². The number of fused-ring (bicyclic) bond motifs is 1. The Hall–Kier alpha value is -2.17. The second-order valence-corrected chi connectivity index (χ2v) is 7.03. The Bertz CT molecular complexity index is 703. The summed E-state index contributed by atoms with van der Waals surface area (Å²) in [6, 6.07) is 10.6. The average Bonchev–Trinajstić information content (AvgIpc) is 3.26. The zero-order valence-corrected chi connectivity index (χ0v) is 13.9. The number of aryl methyl sites for hydroxylation is 1. The molecular formula is C19H24N4O. The number of nitrogens with zero attached hydrogens (tertiary/aromatic N) is 3. The molecule has 5 nitrogen and oxygen atoms in total. The lowest BCUT2D eigenvalue weighted by Gasteiger charge is -2.26. The number of hydrogen-bond donors (Lipinski definition) is 1. The first kappa shape index (κ1) is 15.4. The van der Waals surface area contributed by atoms with Crippen molar-refractivity contribution in [3.8, 4) is 0 Å². The van der Waals surface area contributed by atoms with Crippen LogP contribution in [0, 0.1) is 5.92 Å². The van der Waals surface area contributed by atoms with Crippen molar-refractivity contribution in [2.45, 2.75) is 57.5 Å². The zero-order valence-electron chi connectivity index (χ0n) is 13.9. The molecule has 0 bridgehead atoms. The van der Waals surface area contributed by atoms with Gasteiger partial charge in [0.15, 0.2) is 0 Å². The molecule has 1 aromatic heterocycles. The summed E-state index contributed by atoms with van der Waals surface area (Å²) >= 11 is 0. The summed E-state index contributed by atoms with van der Waals surface area (Å²) in [6.07, 6.45) is 7.13. The van der Waals surface area contributed by atoms with Crippen LogP contribution in [0.1, 0.15) is 49.3 Å². The molecule has 1 amide bonds. The average molecular weight is 324 g/mol. The van der Waals surface area contributed by atoms with Crippen molar-refractivity contribution in [3.05, 3.63) is 47.5 Å². The van der Waals surface area contributed by atoms with Gasteiger partial charge in [-0.1, -0.05) is 43.2 Å². The van der Waals surface area contributed by atoms with Gasteiger partial charge in [-0.3, -0.25) is 4.79 Å². The number of benzene rings is 1. The van der Waals surface area contributed by atoms with Crippen LogP contribution in [0.4, 0.5) is 0 Å². The minimum atomic E-state index is 0.205. The summed E-state index contributed by atoms with van der Waals surface area (Å²) in [5, 5.41) is 12.0. The molecule has 0 radical (unpaired) electrons. The standard InChI is InChI=1S/C19H24N4O/c24-19(15-8-4-5-9-15)20-16-10-11-17-21-22-18(23(17)13-16)12-14-6-2-1-3-7-14/h1-3,6-7,15-16H,4-5,8-13H2,(H,20,24). The van der Waals surface area contributed by atoms with Crippen molar-refractivity contribution >= 4 is 5.91 Å². The van der Waals surface area contributed by atoms with Gasteiger partial charge in [0.05, 0.1) is 0 Å². The Morgan fingerprint density at radius 1 is 1.12 bits per heavy atom. The summed E-state index contributed by atoms with van der Waals surface area (Å²) in [5.41, 5.74) is 1.24. The Balaban J connectivity index is 1.44. The monoisotopic (exact) mass is 324 g/mol. The predicted octanol–water partition coefficient (Wildman–Crippen LogP) is 2.49. The number of rotatable bonds is 4. The second-order valence-electron chi connectivity index (χ2n) is 7.03. The molecule has 0 spiro atoms. The summed E-state index contributed by atoms with van der Waals surface area (Å²) < 4.78 is 2.20. The van der Waals surface area contributed by atoms with E-state index in [9.17, 15) is 4.79 Å². The molecule has 2 heterocycles. The Kier molecular flexibility index (Phi) is 4.32. The number of hydrogen-bond acceptors (Lipinski definition) is 3. The van der Waals surface area contributed by atoms with E-state index in [-0.39, 0.29) is 17.9 Å². The fourth-order valence-corrected chi connectivity index (χ4v) is 3.92. The highest BCUT2D eigenvalue weighted by molar-refractivity contribution is 5.79. The first-order chi connectivity index (χ1) is 11.8. The van der Waals surface area contributed by atoms with Crippen LogP contribution in [0.2, 0.25) is 0 Å². The van der Waals surface area contributed by atoms with Gasteiger partial charge in [-0.15, -0.1) is 10.2 Å². The lowest BCUT2D eigenvalue weighted by atomic mass is 10.0. The van der Waals surface area contributed by atoms with Crippen LogP contribution in [0.3, 0.4) is 0 Å². The van der Waals surface area contributed by atoms with Gasteiger partial charge in [0.1, 0.15) is 11.6 Å². The zero-order chi connectivity index (χ0) is 16.4. The highest BCUT2D eigenvalue weighted by Crippen LogP contribution is 2.25. The lowest BCUT2D eigenvalue weighted by Crippen LogP contribution is -2.43. The molecule has 1 saturated carbocycles. The van der Waals surface area contributed by atoms with E-state index in [1.807, 2.05) is 18.2 Å². The van der Waals surface area contributed by atoms with Gasteiger partial charge >= 0.3 is 0 Å². The molecule has 5 heteroatoms. The van der Waals surface area contributed by atoms with E-state index in [2.05, 4.69) is 32.2 Å². The van der Waals surface area contributed by atoms with Gasteiger partial charge in [-0.05, 0) is 24.8 Å². The second kappa shape index (κ2) is 6.75. The van der Waals surface area contributed by atoms with Crippen molar-refractivity contribution in [2.75, 3.05) is 0 Å². The van der Waals surface area contributed by atoms with Gasteiger partial charge in [-0.25, -0.2) is 0 Å². The third-order valence-electron chi connectivity index (χ3n) is 5.30. The van der Waals surface area contributed by atoms with Crippen LogP contribution < -0.4 is 5.32 Å². The normalized spacial score (nSPS) is 20.8. The fraction of sp³-hybridized carbons (Fsp3) is 0.526. The Morgan fingerprint density at radius 2 is 1.92 bits per heavy atom. The van der Waals surface area contributed by atoms with Gasteiger partial charge < -0.3 is 9.88 Å². The van der Waals surface area contributed by atoms with E-state index < -0.39 is 0 Å². The largest absolute Gasteiger partial charge is 0.351 e. The molecule has 1 aliphatic heterocycles. The molecule has 1 aliphatic carbocycles. The Labute approximate surface area is 142 Å². The van der Waals surface area contributed by atoms with E-state index in [1.165, 1.54) is 18.4 Å². The maximum atomic E-state index is 12.4. The van der Waals surface area contributed by atoms with Crippen LogP contribution in [0.25, 0.3) is 0 Å². The third kappa shape index (κ3) is 3.21. The van der Waals surface area contributed by atoms with E-state index in [0.29, 0.717) is 0 Å². The first-order valence-corrected chi connectivity index (χ1v) is 9.05. The smallest absolute Gasteiger partial charge is 0.223 e. The molecule has 1 fully saturated rings. The summed E-state index contributed by atoms with van der Waals surface area (Å²) in [7, 11) is 0. The number of carbonyl (C=O) groups excluding carboxylic acids is 1. The maximum Gasteiger partial charge on any atom is 0.223 e. The molecule has 1 N–H and O–H groups in total. The molecule has 4 rings (SSSR count). The molecule has 1 aromatic carbocycles. The van der Waals surface area contributed by atoms with Crippen LogP contribution in [-0.4, -0.2) is 26.7 Å². The number of carbonyl (C=O) groups is 1. The van der Waals surface area contributed by atoms with E-state index >= 15 is 0 Å². The maximum absolute atomic E-state index is 12.4. The van der Waals surface area contributed by atoms with Crippen LogP contribution in [-0.2, 0) is 24.2 Å². The Morgan fingerprint density at radius 3 is 2.71 bits per heavy atom. The third-order valence-corrected chi connectivity index (χ3v) is 5.30. The van der Waals surface area contributed by atoms with E-state index in [0.717, 1.165) is 50.3 Å². The molecule has 1 atom stereocenters. The molecule has 1 unspecified atom stereocenters. The highest BCUT2D eigenvalue weighted by Gasteiger charge is 2.28. The molecule has 2 aromatic rings. The van der Waals surface area contributed by atoms with Crippen molar-refractivity contribution in [1.29, 1.82) is 0 Å². The first-order valence-electron chi connectivity index (χ1n) is 9.05. The summed E-state index contributed by atoms with van der Waals surface area (Å²) in [4.78, 5) is 12.4. The molecule has 126 valence electrons. The van der Waals surface area contributed by atoms with E-state index in [1.54, 1.807) is 0 Å². The van der Waals surface area contributed by atoms with Crippen LogP contribution >= 0.6 is 0 Å².